The molecule has 0 aliphatic carbocycles. The van der Waals surface area contributed by atoms with Gasteiger partial charge < -0.3 is 9.87 Å². The van der Waals surface area contributed by atoms with Gasteiger partial charge in [-0.2, -0.15) is 0 Å². The summed E-state index contributed by atoms with van der Waals surface area (Å²) in [5.74, 6) is 0. The van der Waals surface area contributed by atoms with Crippen LogP contribution < -0.4 is 5.32 Å². The monoisotopic (exact) mass is 233 g/mol. The molecule has 2 N–H and O–H groups in total. The van der Waals surface area contributed by atoms with E-state index in [0.717, 1.165) is 10.6 Å². The van der Waals surface area contributed by atoms with Crippen molar-refractivity contribution < 1.29 is 8.76 Å². The molecule has 1 heterocycles. The molecule has 70 valence electrons. The molecule has 1 aliphatic rings. The Morgan fingerprint density at radius 2 is 2.23 bits per heavy atom. The predicted octanol–water partition coefficient (Wildman–Crippen LogP) is 1.97. The Morgan fingerprint density at radius 1 is 1.54 bits per heavy atom. The molecule has 0 spiro atoms. The molecule has 1 aromatic carbocycles. The highest BCUT2D eigenvalue weighted by Crippen LogP contribution is 2.48. The SMILES string of the molecule is O=S(O)C1(S)Nc2ccccc2S1. The summed E-state index contributed by atoms with van der Waals surface area (Å²) in [5, 5.41) is 2.89. The number of benzene rings is 1. The zero-order valence-electron chi connectivity index (χ0n) is 6.43. The summed E-state index contributed by atoms with van der Waals surface area (Å²) in [7, 11) is 0. The lowest BCUT2D eigenvalue weighted by Crippen LogP contribution is -2.28. The van der Waals surface area contributed by atoms with Gasteiger partial charge in [0.15, 0.2) is 0 Å². The van der Waals surface area contributed by atoms with Gasteiger partial charge in [0, 0.05) is 4.90 Å². The number of thioether (sulfide) groups is 1. The summed E-state index contributed by atoms with van der Waals surface area (Å²) in [6, 6.07) is 7.49. The molecule has 0 saturated heterocycles. The zero-order chi connectivity index (χ0) is 9.47. The van der Waals surface area contributed by atoms with Crippen molar-refractivity contribution in [2.45, 2.75) is 8.43 Å². The first-order chi connectivity index (χ1) is 6.12. The van der Waals surface area contributed by atoms with Crippen LogP contribution in [0.4, 0.5) is 5.69 Å². The van der Waals surface area contributed by atoms with Gasteiger partial charge in [0.1, 0.15) is 0 Å². The maximum Gasteiger partial charge on any atom is 0.235 e. The van der Waals surface area contributed by atoms with Crippen LogP contribution in [0.25, 0.3) is 0 Å². The molecule has 0 amide bonds. The molecular formula is C7H7NO2S3. The van der Waals surface area contributed by atoms with Crippen LogP contribution >= 0.6 is 24.4 Å². The minimum Gasteiger partial charge on any atom is -0.349 e. The van der Waals surface area contributed by atoms with Gasteiger partial charge in [-0.25, -0.2) is 4.21 Å². The Kier molecular flexibility index (Phi) is 2.31. The Morgan fingerprint density at radius 3 is 2.85 bits per heavy atom. The van der Waals surface area contributed by atoms with E-state index in [1.54, 1.807) is 0 Å². The molecule has 2 unspecified atom stereocenters. The highest BCUT2D eigenvalue weighted by molar-refractivity contribution is 8.24. The van der Waals surface area contributed by atoms with Crippen LogP contribution in [0.15, 0.2) is 29.2 Å². The second-order valence-corrected chi connectivity index (χ2v) is 6.46. The zero-order valence-corrected chi connectivity index (χ0v) is 8.96. The van der Waals surface area contributed by atoms with E-state index in [9.17, 15) is 4.21 Å². The number of nitrogens with one attached hydrogen (secondary N) is 1. The average molecular weight is 233 g/mol. The van der Waals surface area contributed by atoms with Crippen molar-refractivity contribution in [2.75, 3.05) is 5.32 Å². The molecule has 2 atom stereocenters. The largest absolute Gasteiger partial charge is 0.349 e. The van der Waals surface area contributed by atoms with Gasteiger partial charge in [-0.3, -0.25) is 0 Å². The first-order valence-corrected chi connectivity index (χ1v) is 5.88. The molecule has 1 aliphatic heterocycles. The number of para-hydroxylation sites is 1. The van der Waals surface area contributed by atoms with E-state index in [4.69, 9.17) is 4.55 Å². The van der Waals surface area contributed by atoms with Crippen LogP contribution in [0, 0.1) is 0 Å². The summed E-state index contributed by atoms with van der Waals surface area (Å²) in [6.07, 6.45) is 0. The van der Waals surface area contributed by atoms with Gasteiger partial charge in [-0.15, -0.1) is 12.6 Å². The number of hydrogen-bond donors (Lipinski definition) is 3. The van der Waals surface area contributed by atoms with Crippen molar-refractivity contribution in [1.82, 2.24) is 0 Å². The van der Waals surface area contributed by atoms with Crippen molar-refractivity contribution in [3.05, 3.63) is 24.3 Å². The minimum absolute atomic E-state index is 0.852. The molecule has 0 saturated carbocycles. The number of anilines is 1. The van der Waals surface area contributed by atoms with Gasteiger partial charge in [0.05, 0.1) is 5.69 Å². The quantitative estimate of drug-likeness (QED) is 0.513. The lowest BCUT2D eigenvalue weighted by molar-refractivity contribution is 0.561. The molecular weight excluding hydrogens is 226 g/mol. The van der Waals surface area contributed by atoms with Crippen LogP contribution in [0.5, 0.6) is 0 Å². The van der Waals surface area contributed by atoms with E-state index in [2.05, 4.69) is 17.9 Å². The topological polar surface area (TPSA) is 49.3 Å². The van der Waals surface area contributed by atoms with Gasteiger partial charge in [0.25, 0.3) is 0 Å². The Hall–Kier alpha value is -0.170. The van der Waals surface area contributed by atoms with Crippen molar-refractivity contribution >= 4 is 41.2 Å². The maximum atomic E-state index is 10.9. The molecule has 6 heteroatoms. The number of fused-ring (bicyclic) bond motifs is 1. The highest BCUT2D eigenvalue weighted by atomic mass is 32.3. The van der Waals surface area contributed by atoms with E-state index in [0.29, 0.717) is 0 Å². The molecule has 0 aromatic heterocycles. The molecule has 0 radical (unpaired) electrons. The predicted molar refractivity (Wildman–Crippen MR) is 58.4 cm³/mol. The third-order valence-corrected chi connectivity index (χ3v) is 4.73. The average Bonchev–Trinajstić information content (AvgIpc) is 2.42. The van der Waals surface area contributed by atoms with E-state index in [-0.39, 0.29) is 0 Å². The van der Waals surface area contributed by atoms with Crippen LogP contribution in [0.2, 0.25) is 0 Å². The first kappa shape index (κ1) is 9.39. The van der Waals surface area contributed by atoms with Crippen LogP contribution in [0.1, 0.15) is 0 Å². The summed E-state index contributed by atoms with van der Waals surface area (Å²) >= 11 is 3.36. The number of rotatable bonds is 1. The van der Waals surface area contributed by atoms with E-state index in [1.165, 1.54) is 11.8 Å². The lowest BCUT2D eigenvalue weighted by atomic mass is 10.3. The fourth-order valence-corrected chi connectivity index (χ4v) is 3.08. The van der Waals surface area contributed by atoms with E-state index >= 15 is 0 Å². The lowest BCUT2D eigenvalue weighted by Gasteiger charge is -2.17. The van der Waals surface area contributed by atoms with Gasteiger partial charge >= 0.3 is 0 Å². The van der Waals surface area contributed by atoms with Gasteiger partial charge in [0.2, 0.25) is 14.6 Å². The Bertz CT molecular complexity index is 344. The van der Waals surface area contributed by atoms with Gasteiger partial charge in [-0.1, -0.05) is 23.9 Å². The van der Waals surface area contributed by atoms with Crippen molar-refractivity contribution in [3.8, 4) is 0 Å². The molecule has 1 aromatic rings. The van der Waals surface area contributed by atoms with E-state index < -0.39 is 14.6 Å². The fourth-order valence-electron chi connectivity index (χ4n) is 1.08. The van der Waals surface area contributed by atoms with Crippen LogP contribution in [-0.4, -0.2) is 12.3 Å². The van der Waals surface area contributed by atoms with Crippen LogP contribution in [-0.2, 0) is 11.1 Å². The molecule has 0 bridgehead atoms. The maximum absolute atomic E-state index is 10.9. The van der Waals surface area contributed by atoms with Crippen molar-refractivity contribution in [3.63, 3.8) is 0 Å². The second kappa shape index (κ2) is 3.20. The Balaban J connectivity index is 2.37. The van der Waals surface area contributed by atoms with Crippen LogP contribution in [0.3, 0.4) is 0 Å². The smallest absolute Gasteiger partial charge is 0.235 e. The molecule has 0 fully saturated rings. The van der Waals surface area contributed by atoms with E-state index in [1.807, 2.05) is 24.3 Å². The Labute approximate surface area is 88.0 Å². The number of hydrogen-bond acceptors (Lipinski definition) is 4. The second-order valence-electron chi connectivity index (χ2n) is 2.55. The minimum atomic E-state index is -2.02. The van der Waals surface area contributed by atoms with Crippen molar-refractivity contribution in [1.29, 1.82) is 0 Å². The summed E-state index contributed by atoms with van der Waals surface area (Å²) in [5.41, 5.74) is 0.852. The molecule has 2 rings (SSSR count). The fraction of sp³-hybridized carbons (Fsp3) is 0.143. The molecule has 3 nitrogen and oxygen atoms in total. The highest BCUT2D eigenvalue weighted by Gasteiger charge is 2.39. The van der Waals surface area contributed by atoms with Crippen molar-refractivity contribution in [2.24, 2.45) is 0 Å². The molecule has 13 heavy (non-hydrogen) atoms. The normalized spacial score (nSPS) is 27.8. The standard InChI is InChI=1S/C7H7NO2S3/c9-13(10)7(11)8-5-3-1-2-4-6(5)12-7/h1-4,8,11H,(H,9,10). The van der Waals surface area contributed by atoms with Gasteiger partial charge in [-0.05, 0) is 12.1 Å². The number of thiol groups is 1. The third-order valence-electron chi connectivity index (χ3n) is 1.66. The summed E-state index contributed by atoms with van der Waals surface area (Å²) < 4.78 is 18.8. The third kappa shape index (κ3) is 1.59. The summed E-state index contributed by atoms with van der Waals surface area (Å²) in [6.45, 7) is 0. The first-order valence-electron chi connectivity index (χ1n) is 3.51. The summed E-state index contributed by atoms with van der Waals surface area (Å²) in [4.78, 5) is 0.944.